The Balaban J connectivity index is 2.06. The van der Waals surface area contributed by atoms with E-state index in [0.29, 0.717) is 11.7 Å². The van der Waals surface area contributed by atoms with Crippen LogP contribution in [0.15, 0.2) is 29.2 Å². The molecule has 2 aromatic heterocycles. The average Bonchev–Trinajstić information content (AvgIpc) is 3.13. The van der Waals surface area contributed by atoms with Gasteiger partial charge in [0.1, 0.15) is 10.8 Å². The molecule has 0 radical (unpaired) electrons. The van der Waals surface area contributed by atoms with Crippen molar-refractivity contribution in [2.45, 2.75) is 53.2 Å². The number of halogens is 1. The van der Waals surface area contributed by atoms with Gasteiger partial charge in [-0.2, -0.15) is 0 Å². The van der Waals surface area contributed by atoms with Crippen LogP contribution in [0.25, 0.3) is 5.57 Å². The van der Waals surface area contributed by atoms with Gasteiger partial charge in [0, 0.05) is 10.4 Å². The van der Waals surface area contributed by atoms with Gasteiger partial charge >= 0.3 is 6.09 Å². The van der Waals surface area contributed by atoms with Crippen molar-refractivity contribution in [3.8, 4) is 0 Å². The van der Waals surface area contributed by atoms with Crippen molar-refractivity contribution in [3.05, 3.63) is 50.4 Å². The van der Waals surface area contributed by atoms with Gasteiger partial charge in [-0.05, 0) is 64.1 Å². The van der Waals surface area contributed by atoms with Gasteiger partial charge in [-0.1, -0.05) is 23.2 Å². The van der Waals surface area contributed by atoms with Gasteiger partial charge in [-0.15, -0.1) is 11.3 Å². The second kappa shape index (κ2) is 7.05. The van der Waals surface area contributed by atoms with Crippen LogP contribution in [-0.4, -0.2) is 16.7 Å². The first-order valence-electron chi connectivity index (χ1n) is 8.55. The van der Waals surface area contributed by atoms with Gasteiger partial charge in [-0.3, -0.25) is 4.90 Å². The van der Waals surface area contributed by atoms with Crippen LogP contribution in [0.2, 0.25) is 5.15 Å². The number of carbonyl (C=O) groups is 1. The van der Waals surface area contributed by atoms with Gasteiger partial charge in [0.2, 0.25) is 0 Å². The Morgan fingerprint density at radius 1 is 1.38 bits per heavy atom. The summed E-state index contributed by atoms with van der Waals surface area (Å²) in [6.07, 6.45) is 0.391. The lowest BCUT2D eigenvalue weighted by atomic mass is 10.1. The van der Waals surface area contributed by atoms with Crippen molar-refractivity contribution in [2.24, 2.45) is 0 Å². The molecule has 0 unspecified atom stereocenters. The number of fused-ring (bicyclic) bond motifs is 1. The number of pyridine rings is 1. The molecule has 3 rings (SSSR count). The number of anilines is 1. The van der Waals surface area contributed by atoms with E-state index < -0.39 is 5.60 Å². The molecule has 0 spiro atoms. The average molecular weight is 391 g/mol. The van der Waals surface area contributed by atoms with Gasteiger partial charge in [0.05, 0.1) is 17.9 Å². The van der Waals surface area contributed by atoms with Crippen molar-refractivity contribution in [1.82, 2.24) is 4.98 Å². The van der Waals surface area contributed by atoms with E-state index in [9.17, 15) is 4.79 Å². The third-order valence-electron chi connectivity index (χ3n) is 4.31. The topological polar surface area (TPSA) is 42.4 Å². The minimum absolute atomic E-state index is 0.377. The van der Waals surface area contributed by atoms with Crippen molar-refractivity contribution in [2.75, 3.05) is 4.90 Å². The van der Waals surface area contributed by atoms with E-state index in [1.54, 1.807) is 22.3 Å². The van der Waals surface area contributed by atoms with E-state index in [1.165, 1.54) is 5.57 Å². The smallest absolute Gasteiger partial charge is 0.415 e. The maximum Gasteiger partial charge on any atom is 0.415 e. The quantitative estimate of drug-likeness (QED) is 0.595. The van der Waals surface area contributed by atoms with E-state index in [0.717, 1.165) is 33.8 Å². The van der Waals surface area contributed by atoms with Crippen molar-refractivity contribution >= 4 is 40.3 Å². The standard InChI is InChI=1S/C20H23ClN2O2S/c1-12-9-15-16(10-17(21)22-18(15)13(12)2)23(11-14-7-6-8-26-14)19(24)25-20(3,4)5/h6-8,10H,9,11H2,1-5H3. The molecule has 0 bridgehead atoms. The van der Waals surface area contributed by atoms with Gasteiger partial charge < -0.3 is 4.74 Å². The molecule has 6 heteroatoms. The summed E-state index contributed by atoms with van der Waals surface area (Å²) in [7, 11) is 0. The third-order valence-corrected chi connectivity index (χ3v) is 5.36. The number of thiophene rings is 1. The Morgan fingerprint density at radius 2 is 2.12 bits per heavy atom. The Bertz CT molecular complexity index is 867. The zero-order valence-corrected chi connectivity index (χ0v) is 17.3. The largest absolute Gasteiger partial charge is 0.443 e. The number of nitrogens with zero attached hydrogens (tertiary/aromatic N) is 2. The van der Waals surface area contributed by atoms with Crippen LogP contribution in [0.1, 0.15) is 50.8 Å². The van der Waals surface area contributed by atoms with Crippen LogP contribution < -0.4 is 4.90 Å². The maximum atomic E-state index is 13.0. The summed E-state index contributed by atoms with van der Waals surface area (Å²) in [5.41, 5.74) is 4.49. The van der Waals surface area contributed by atoms with Crippen LogP contribution >= 0.6 is 22.9 Å². The van der Waals surface area contributed by atoms with Gasteiger partial charge in [0.15, 0.2) is 0 Å². The number of rotatable bonds is 3. The summed E-state index contributed by atoms with van der Waals surface area (Å²) in [4.78, 5) is 20.2. The summed E-state index contributed by atoms with van der Waals surface area (Å²) >= 11 is 7.91. The fourth-order valence-electron chi connectivity index (χ4n) is 2.98. The molecule has 0 aromatic carbocycles. The molecule has 0 atom stereocenters. The summed E-state index contributed by atoms with van der Waals surface area (Å²) in [6.45, 7) is 10.2. The number of allylic oxidation sites excluding steroid dienone is 2. The molecule has 2 heterocycles. The number of ether oxygens (including phenoxy) is 1. The normalized spacial score (nSPS) is 13.8. The second-order valence-electron chi connectivity index (χ2n) is 7.52. The lowest BCUT2D eigenvalue weighted by molar-refractivity contribution is 0.0577. The second-order valence-corrected chi connectivity index (χ2v) is 8.94. The van der Waals surface area contributed by atoms with Crippen LogP contribution in [0, 0.1) is 0 Å². The molecule has 0 aliphatic heterocycles. The van der Waals surface area contributed by atoms with E-state index in [-0.39, 0.29) is 6.09 Å². The molecular weight excluding hydrogens is 368 g/mol. The van der Waals surface area contributed by atoms with Crippen molar-refractivity contribution in [1.29, 1.82) is 0 Å². The van der Waals surface area contributed by atoms with Crippen LogP contribution in [-0.2, 0) is 17.7 Å². The van der Waals surface area contributed by atoms with Gasteiger partial charge in [-0.25, -0.2) is 9.78 Å². The molecule has 2 aromatic rings. The minimum Gasteiger partial charge on any atom is -0.443 e. The Labute approximate surface area is 163 Å². The highest BCUT2D eigenvalue weighted by atomic mass is 35.5. The van der Waals surface area contributed by atoms with E-state index in [2.05, 4.69) is 11.9 Å². The summed E-state index contributed by atoms with van der Waals surface area (Å²) in [5, 5.41) is 2.38. The zero-order chi connectivity index (χ0) is 19.1. The predicted octanol–water partition coefficient (Wildman–Crippen LogP) is 6.09. The van der Waals surface area contributed by atoms with Crippen LogP contribution in [0.3, 0.4) is 0 Å². The van der Waals surface area contributed by atoms with E-state index in [4.69, 9.17) is 16.3 Å². The third kappa shape index (κ3) is 3.94. The van der Waals surface area contributed by atoms with E-state index in [1.807, 2.05) is 45.2 Å². The lowest BCUT2D eigenvalue weighted by Gasteiger charge is -2.28. The molecule has 26 heavy (non-hydrogen) atoms. The van der Waals surface area contributed by atoms with Crippen molar-refractivity contribution < 1.29 is 9.53 Å². The first-order valence-corrected chi connectivity index (χ1v) is 9.80. The highest BCUT2D eigenvalue weighted by Gasteiger charge is 2.30. The number of hydrogen-bond donors (Lipinski definition) is 0. The van der Waals surface area contributed by atoms with Gasteiger partial charge in [0.25, 0.3) is 0 Å². The highest BCUT2D eigenvalue weighted by Crippen LogP contribution is 2.39. The number of carbonyl (C=O) groups excluding carboxylic acids is 1. The van der Waals surface area contributed by atoms with Crippen molar-refractivity contribution in [3.63, 3.8) is 0 Å². The molecule has 0 saturated heterocycles. The number of amides is 1. The lowest BCUT2D eigenvalue weighted by Crippen LogP contribution is -2.37. The Kier molecular flexibility index (Phi) is 5.13. The SMILES string of the molecule is CC1=C(C)c2nc(Cl)cc(N(Cc3cccs3)C(=O)OC(C)(C)C)c2C1. The highest BCUT2D eigenvalue weighted by molar-refractivity contribution is 7.09. The van der Waals surface area contributed by atoms with Crippen LogP contribution in [0.5, 0.6) is 0 Å². The zero-order valence-electron chi connectivity index (χ0n) is 15.7. The molecule has 1 aliphatic carbocycles. The molecule has 0 fully saturated rings. The number of aromatic nitrogens is 1. The first-order chi connectivity index (χ1) is 12.2. The summed E-state index contributed by atoms with van der Waals surface area (Å²) in [5.74, 6) is 0. The number of hydrogen-bond acceptors (Lipinski definition) is 4. The first kappa shape index (κ1) is 18.9. The minimum atomic E-state index is -0.575. The monoisotopic (exact) mass is 390 g/mol. The summed E-state index contributed by atoms with van der Waals surface area (Å²) < 4.78 is 5.67. The molecular formula is C20H23ClN2O2S. The molecule has 1 amide bonds. The Morgan fingerprint density at radius 3 is 2.73 bits per heavy atom. The molecule has 0 N–H and O–H groups in total. The fourth-order valence-corrected chi connectivity index (χ4v) is 3.86. The predicted molar refractivity (Wildman–Crippen MR) is 108 cm³/mol. The molecule has 0 saturated carbocycles. The molecule has 1 aliphatic rings. The molecule has 138 valence electrons. The fraction of sp³-hybridized carbons (Fsp3) is 0.400. The Hall–Kier alpha value is -1.85. The van der Waals surface area contributed by atoms with E-state index >= 15 is 0 Å². The summed E-state index contributed by atoms with van der Waals surface area (Å²) in [6, 6.07) is 5.76. The maximum absolute atomic E-state index is 13.0. The van der Waals surface area contributed by atoms with Crippen LogP contribution in [0.4, 0.5) is 10.5 Å². The molecule has 4 nitrogen and oxygen atoms in total.